The molecule has 0 radical (unpaired) electrons. The van der Waals surface area contributed by atoms with Crippen LogP contribution in [0.3, 0.4) is 0 Å². The Labute approximate surface area is 229 Å². The number of methoxy groups -OCH3 is 1. The number of nitrogens with zero attached hydrogens (tertiary/aromatic N) is 2. The van der Waals surface area contributed by atoms with Crippen molar-refractivity contribution in [1.82, 2.24) is 10.2 Å². The molecule has 8 nitrogen and oxygen atoms in total. The van der Waals surface area contributed by atoms with E-state index in [-0.39, 0.29) is 43.7 Å². The molecule has 1 N–H and O–H groups in total. The van der Waals surface area contributed by atoms with Crippen LogP contribution in [-0.4, -0.2) is 57.6 Å². The van der Waals surface area contributed by atoms with Crippen molar-refractivity contribution in [1.29, 1.82) is 0 Å². The number of nitrogens with one attached hydrogen (secondary N) is 1. The Morgan fingerprint density at radius 3 is 2.32 bits per heavy atom. The van der Waals surface area contributed by atoms with Gasteiger partial charge in [-0.2, -0.15) is 0 Å². The highest BCUT2D eigenvalue weighted by atomic mass is 35.5. The first-order valence-corrected chi connectivity index (χ1v) is 14.6. The van der Waals surface area contributed by atoms with Gasteiger partial charge in [0.1, 0.15) is 11.8 Å². The summed E-state index contributed by atoms with van der Waals surface area (Å²) in [5, 5.41) is 3.61. The number of hydrogen-bond donors (Lipinski definition) is 1. The molecule has 1 atom stereocenters. The number of sulfonamides is 1. The summed E-state index contributed by atoms with van der Waals surface area (Å²) in [7, 11) is -2.17. The number of amides is 2. The number of rotatable bonds is 13. The largest absolute Gasteiger partial charge is 0.495 e. The van der Waals surface area contributed by atoms with Crippen molar-refractivity contribution in [3.05, 3.63) is 58.1 Å². The van der Waals surface area contributed by atoms with Gasteiger partial charge in [-0.05, 0) is 49.1 Å². The second kappa shape index (κ2) is 13.9. The van der Waals surface area contributed by atoms with Crippen molar-refractivity contribution in [3.8, 4) is 5.75 Å². The van der Waals surface area contributed by atoms with Crippen LogP contribution in [0.1, 0.15) is 39.2 Å². The molecule has 2 amide bonds. The Bertz CT molecular complexity index is 1190. The lowest BCUT2D eigenvalue weighted by Crippen LogP contribution is -2.48. The van der Waals surface area contributed by atoms with E-state index in [1.807, 2.05) is 13.8 Å². The van der Waals surface area contributed by atoms with Gasteiger partial charge in [-0.25, -0.2) is 8.42 Å². The molecule has 0 unspecified atom stereocenters. The number of carbonyl (C=O) groups is 2. The number of benzene rings is 2. The minimum Gasteiger partial charge on any atom is -0.495 e. The lowest BCUT2D eigenvalue weighted by Gasteiger charge is -2.30. The van der Waals surface area contributed by atoms with Crippen molar-refractivity contribution in [2.75, 3.05) is 30.8 Å². The highest BCUT2D eigenvalue weighted by Gasteiger charge is 2.27. The van der Waals surface area contributed by atoms with Crippen molar-refractivity contribution < 1.29 is 22.7 Å². The lowest BCUT2D eigenvalue weighted by molar-refractivity contribution is -0.140. The fourth-order valence-corrected chi connectivity index (χ4v) is 4.98. The van der Waals surface area contributed by atoms with Crippen LogP contribution in [0.4, 0.5) is 5.69 Å². The molecule has 2 aromatic carbocycles. The standard InChI is InChI=1S/C26H35Cl2N3O5S/c1-18(2)16-29-26(33)19(3)30(17-20-12-13-21(27)22(28)15-20)25(32)11-8-14-31(37(5,34)35)23-9-6-7-10-24(23)36-4/h6-7,9-10,12-13,15,18-19H,8,11,14,16-17H2,1-5H3,(H,29,33)/t19-/m0/s1. The summed E-state index contributed by atoms with van der Waals surface area (Å²) in [5.41, 5.74) is 1.12. The number of anilines is 1. The Hall–Kier alpha value is -2.49. The Morgan fingerprint density at radius 1 is 1.05 bits per heavy atom. The summed E-state index contributed by atoms with van der Waals surface area (Å²) < 4.78 is 31.6. The fourth-order valence-electron chi connectivity index (χ4n) is 3.69. The second-order valence-electron chi connectivity index (χ2n) is 9.20. The van der Waals surface area contributed by atoms with Crippen molar-refractivity contribution in [2.24, 2.45) is 5.92 Å². The van der Waals surface area contributed by atoms with Gasteiger partial charge in [0, 0.05) is 26.1 Å². The van der Waals surface area contributed by atoms with Crippen LogP contribution in [0.15, 0.2) is 42.5 Å². The monoisotopic (exact) mass is 571 g/mol. The van der Waals surface area contributed by atoms with Crippen LogP contribution in [0.2, 0.25) is 10.0 Å². The van der Waals surface area contributed by atoms with Gasteiger partial charge in [-0.3, -0.25) is 13.9 Å². The fraction of sp³-hybridized carbons (Fsp3) is 0.462. The first-order valence-electron chi connectivity index (χ1n) is 12.0. The average molecular weight is 573 g/mol. The predicted octanol–water partition coefficient (Wildman–Crippen LogP) is 4.74. The highest BCUT2D eigenvalue weighted by Crippen LogP contribution is 2.30. The molecule has 0 saturated heterocycles. The van der Waals surface area contributed by atoms with Gasteiger partial charge in [0.15, 0.2) is 0 Å². The van der Waals surface area contributed by atoms with E-state index in [0.717, 1.165) is 11.8 Å². The number of carbonyl (C=O) groups excluding carboxylic acids is 2. The van der Waals surface area contributed by atoms with Crippen LogP contribution in [0, 0.1) is 5.92 Å². The van der Waals surface area contributed by atoms with E-state index in [4.69, 9.17) is 27.9 Å². The van der Waals surface area contributed by atoms with E-state index in [1.54, 1.807) is 49.4 Å². The van der Waals surface area contributed by atoms with Gasteiger partial charge in [0.25, 0.3) is 0 Å². The number of halogens is 2. The Morgan fingerprint density at radius 2 is 1.73 bits per heavy atom. The first kappa shape index (κ1) is 30.7. The van der Waals surface area contributed by atoms with Crippen molar-refractivity contribution >= 4 is 50.7 Å². The van der Waals surface area contributed by atoms with Gasteiger partial charge in [-0.1, -0.05) is 55.2 Å². The SMILES string of the molecule is COc1ccccc1N(CCCC(=O)N(Cc1ccc(Cl)c(Cl)c1)[C@@H](C)C(=O)NCC(C)C)S(C)(=O)=O. The molecular weight excluding hydrogens is 537 g/mol. The summed E-state index contributed by atoms with van der Waals surface area (Å²) in [5.74, 6) is 0.115. The van der Waals surface area contributed by atoms with Gasteiger partial charge >= 0.3 is 0 Å². The summed E-state index contributed by atoms with van der Waals surface area (Å²) in [6.07, 6.45) is 1.38. The van der Waals surface area contributed by atoms with Gasteiger partial charge in [0.2, 0.25) is 21.8 Å². The Balaban J connectivity index is 2.21. The average Bonchev–Trinajstić information content (AvgIpc) is 2.84. The van der Waals surface area contributed by atoms with Crippen LogP contribution < -0.4 is 14.4 Å². The molecule has 0 saturated carbocycles. The molecule has 2 rings (SSSR count). The van der Waals surface area contributed by atoms with Gasteiger partial charge in [-0.15, -0.1) is 0 Å². The maximum Gasteiger partial charge on any atom is 0.242 e. The number of para-hydroxylation sites is 2. The first-order chi connectivity index (χ1) is 17.3. The Kier molecular flexibility index (Phi) is 11.5. The molecule has 2 aromatic rings. The molecule has 37 heavy (non-hydrogen) atoms. The van der Waals surface area contributed by atoms with Gasteiger partial charge < -0.3 is 15.0 Å². The third-order valence-corrected chi connectivity index (χ3v) is 7.61. The molecular formula is C26H35Cl2N3O5S. The van der Waals surface area contributed by atoms with Crippen molar-refractivity contribution in [2.45, 2.75) is 46.2 Å². The van der Waals surface area contributed by atoms with E-state index in [2.05, 4.69) is 5.32 Å². The van der Waals surface area contributed by atoms with Crippen LogP contribution in [0.5, 0.6) is 5.75 Å². The summed E-state index contributed by atoms with van der Waals surface area (Å²) in [4.78, 5) is 27.7. The zero-order valence-electron chi connectivity index (χ0n) is 21.8. The number of hydrogen-bond acceptors (Lipinski definition) is 5. The molecule has 0 fully saturated rings. The summed E-state index contributed by atoms with van der Waals surface area (Å²) in [6, 6.07) is 11.1. The third kappa shape index (κ3) is 9.09. The van der Waals surface area contributed by atoms with E-state index in [0.29, 0.717) is 28.0 Å². The molecule has 11 heteroatoms. The van der Waals surface area contributed by atoms with Crippen LogP contribution in [0.25, 0.3) is 0 Å². The minimum atomic E-state index is -3.63. The maximum absolute atomic E-state index is 13.4. The minimum absolute atomic E-state index is 0.0320. The van der Waals surface area contributed by atoms with Gasteiger partial charge in [0.05, 0.1) is 29.1 Å². The molecule has 0 aliphatic heterocycles. The quantitative estimate of drug-likeness (QED) is 0.374. The summed E-state index contributed by atoms with van der Waals surface area (Å²) in [6.45, 7) is 6.34. The molecule has 0 spiro atoms. The molecule has 0 aliphatic rings. The highest BCUT2D eigenvalue weighted by molar-refractivity contribution is 7.92. The zero-order valence-corrected chi connectivity index (χ0v) is 24.2. The molecule has 0 aliphatic carbocycles. The van der Waals surface area contributed by atoms with Crippen molar-refractivity contribution in [3.63, 3.8) is 0 Å². The summed E-state index contributed by atoms with van der Waals surface area (Å²) >= 11 is 12.2. The second-order valence-corrected chi connectivity index (χ2v) is 11.9. The van der Waals surface area contributed by atoms with E-state index < -0.39 is 16.1 Å². The smallest absolute Gasteiger partial charge is 0.242 e. The van der Waals surface area contributed by atoms with Crippen LogP contribution in [-0.2, 0) is 26.2 Å². The molecule has 0 aromatic heterocycles. The maximum atomic E-state index is 13.4. The predicted molar refractivity (Wildman–Crippen MR) is 149 cm³/mol. The van der Waals surface area contributed by atoms with E-state index >= 15 is 0 Å². The molecule has 204 valence electrons. The third-order valence-electron chi connectivity index (χ3n) is 5.69. The molecule has 0 heterocycles. The number of ether oxygens (including phenoxy) is 1. The zero-order chi connectivity index (χ0) is 27.8. The van der Waals surface area contributed by atoms with E-state index in [1.165, 1.54) is 16.3 Å². The topological polar surface area (TPSA) is 96.0 Å². The van der Waals surface area contributed by atoms with E-state index in [9.17, 15) is 18.0 Å². The molecule has 0 bridgehead atoms. The van der Waals surface area contributed by atoms with Crippen LogP contribution >= 0.6 is 23.2 Å². The normalized spacial score (nSPS) is 12.2. The lowest BCUT2D eigenvalue weighted by atomic mass is 10.1.